The van der Waals surface area contributed by atoms with Gasteiger partial charge in [-0.05, 0) is 26.7 Å². The molecule has 2 rings (SSSR count). The van der Waals surface area contributed by atoms with Gasteiger partial charge in [-0.25, -0.2) is 4.98 Å². The predicted octanol–water partition coefficient (Wildman–Crippen LogP) is 2.36. The van der Waals surface area contributed by atoms with Crippen LogP contribution in [0.4, 0.5) is 5.95 Å². The predicted molar refractivity (Wildman–Crippen MR) is 81.1 cm³/mol. The molecule has 1 fully saturated rings. The van der Waals surface area contributed by atoms with Crippen LogP contribution in [0.25, 0.3) is 0 Å². The highest BCUT2D eigenvalue weighted by Crippen LogP contribution is 2.25. The van der Waals surface area contributed by atoms with Crippen molar-refractivity contribution in [2.75, 3.05) is 18.0 Å². The highest BCUT2D eigenvalue weighted by molar-refractivity contribution is 5.34. The first-order chi connectivity index (χ1) is 9.70. The lowest BCUT2D eigenvalue weighted by molar-refractivity contribution is 0.232. The molecule has 1 aromatic rings. The molecule has 0 aliphatic heterocycles. The van der Waals surface area contributed by atoms with Crippen molar-refractivity contribution in [1.82, 2.24) is 9.97 Å². The number of rotatable bonds is 6. The van der Waals surface area contributed by atoms with E-state index in [9.17, 15) is 0 Å². The fourth-order valence-electron chi connectivity index (χ4n) is 2.76. The van der Waals surface area contributed by atoms with Crippen LogP contribution in [0.5, 0.6) is 5.88 Å². The Bertz CT molecular complexity index is 405. The van der Waals surface area contributed by atoms with Crippen molar-refractivity contribution >= 4 is 5.95 Å². The van der Waals surface area contributed by atoms with E-state index in [0.29, 0.717) is 18.5 Å². The zero-order valence-electron chi connectivity index (χ0n) is 12.6. The smallest absolute Gasteiger partial charge is 0.228 e. The number of hydrogen-bond donors (Lipinski definition) is 1. The van der Waals surface area contributed by atoms with E-state index < -0.39 is 0 Å². The standard InChI is InChI=1S/C15H26N4O/c1-12(2)20-14-8-10-17-15(18-14)19(11-9-16)13-6-4-3-5-7-13/h8,10,12-13H,3-7,9,11,16H2,1-2H3. The first-order valence-corrected chi connectivity index (χ1v) is 7.67. The summed E-state index contributed by atoms with van der Waals surface area (Å²) in [6, 6.07) is 2.33. The molecule has 0 bridgehead atoms. The first-order valence-electron chi connectivity index (χ1n) is 7.67. The van der Waals surface area contributed by atoms with Gasteiger partial charge in [-0.1, -0.05) is 19.3 Å². The maximum Gasteiger partial charge on any atom is 0.228 e. The van der Waals surface area contributed by atoms with Gasteiger partial charge in [0.2, 0.25) is 11.8 Å². The van der Waals surface area contributed by atoms with Crippen molar-refractivity contribution in [1.29, 1.82) is 0 Å². The van der Waals surface area contributed by atoms with Crippen LogP contribution in [0.15, 0.2) is 12.3 Å². The molecule has 0 atom stereocenters. The molecular weight excluding hydrogens is 252 g/mol. The molecule has 0 radical (unpaired) electrons. The van der Waals surface area contributed by atoms with E-state index in [0.717, 1.165) is 12.5 Å². The van der Waals surface area contributed by atoms with Crippen molar-refractivity contribution in [3.05, 3.63) is 12.3 Å². The normalized spacial score (nSPS) is 16.4. The van der Waals surface area contributed by atoms with E-state index in [1.807, 2.05) is 19.9 Å². The van der Waals surface area contributed by atoms with E-state index in [-0.39, 0.29) is 6.10 Å². The lowest BCUT2D eigenvalue weighted by Crippen LogP contribution is -2.41. The average molecular weight is 278 g/mol. The highest BCUT2D eigenvalue weighted by atomic mass is 16.5. The summed E-state index contributed by atoms with van der Waals surface area (Å²) < 4.78 is 5.66. The molecule has 5 nitrogen and oxygen atoms in total. The lowest BCUT2D eigenvalue weighted by atomic mass is 9.94. The summed E-state index contributed by atoms with van der Waals surface area (Å²) in [5.41, 5.74) is 5.76. The highest BCUT2D eigenvalue weighted by Gasteiger charge is 2.23. The maximum absolute atomic E-state index is 5.76. The van der Waals surface area contributed by atoms with Gasteiger partial charge in [0.1, 0.15) is 0 Å². The van der Waals surface area contributed by atoms with Crippen LogP contribution >= 0.6 is 0 Å². The average Bonchev–Trinajstić information content (AvgIpc) is 2.45. The Balaban J connectivity index is 2.15. The Morgan fingerprint density at radius 1 is 1.35 bits per heavy atom. The molecule has 2 N–H and O–H groups in total. The van der Waals surface area contributed by atoms with Crippen LogP contribution in [0.1, 0.15) is 46.0 Å². The van der Waals surface area contributed by atoms with Crippen molar-refractivity contribution < 1.29 is 4.74 Å². The SMILES string of the molecule is CC(C)Oc1ccnc(N(CCN)C2CCCCC2)n1. The quantitative estimate of drug-likeness (QED) is 0.865. The van der Waals surface area contributed by atoms with E-state index in [1.165, 1.54) is 32.1 Å². The van der Waals surface area contributed by atoms with Crippen LogP contribution in [-0.2, 0) is 0 Å². The Morgan fingerprint density at radius 2 is 2.10 bits per heavy atom. The topological polar surface area (TPSA) is 64.3 Å². The summed E-state index contributed by atoms with van der Waals surface area (Å²) in [5, 5.41) is 0. The number of nitrogens with zero attached hydrogens (tertiary/aromatic N) is 3. The van der Waals surface area contributed by atoms with E-state index in [2.05, 4.69) is 14.9 Å². The molecule has 0 saturated heterocycles. The van der Waals surface area contributed by atoms with Crippen molar-refractivity contribution in [2.45, 2.75) is 58.1 Å². The fourth-order valence-corrected chi connectivity index (χ4v) is 2.76. The third-order valence-electron chi connectivity index (χ3n) is 3.62. The van der Waals surface area contributed by atoms with Crippen LogP contribution in [-0.4, -0.2) is 35.2 Å². The number of ether oxygens (including phenoxy) is 1. The van der Waals surface area contributed by atoms with Gasteiger partial charge in [0.25, 0.3) is 0 Å². The molecule has 20 heavy (non-hydrogen) atoms. The summed E-state index contributed by atoms with van der Waals surface area (Å²) >= 11 is 0. The monoisotopic (exact) mass is 278 g/mol. The van der Waals surface area contributed by atoms with Crippen molar-refractivity contribution in [3.63, 3.8) is 0 Å². The van der Waals surface area contributed by atoms with Gasteiger partial charge in [0.05, 0.1) is 6.10 Å². The lowest BCUT2D eigenvalue weighted by Gasteiger charge is -2.34. The second-order valence-electron chi connectivity index (χ2n) is 5.64. The summed E-state index contributed by atoms with van der Waals surface area (Å²) in [4.78, 5) is 11.2. The second-order valence-corrected chi connectivity index (χ2v) is 5.64. The minimum atomic E-state index is 0.121. The van der Waals surface area contributed by atoms with Gasteiger partial charge >= 0.3 is 0 Å². The van der Waals surface area contributed by atoms with Gasteiger partial charge in [-0.2, -0.15) is 4.98 Å². The Hall–Kier alpha value is -1.36. The molecule has 112 valence electrons. The summed E-state index contributed by atoms with van der Waals surface area (Å²) in [5.74, 6) is 1.39. The largest absolute Gasteiger partial charge is 0.475 e. The van der Waals surface area contributed by atoms with E-state index in [1.54, 1.807) is 6.20 Å². The number of aromatic nitrogens is 2. The van der Waals surface area contributed by atoms with Crippen molar-refractivity contribution in [3.8, 4) is 5.88 Å². The van der Waals surface area contributed by atoms with Gasteiger partial charge in [0, 0.05) is 31.4 Å². The van der Waals surface area contributed by atoms with Crippen LogP contribution in [0.3, 0.4) is 0 Å². The number of hydrogen-bond acceptors (Lipinski definition) is 5. The van der Waals surface area contributed by atoms with E-state index in [4.69, 9.17) is 10.5 Å². The minimum Gasteiger partial charge on any atom is -0.475 e. The summed E-state index contributed by atoms with van der Waals surface area (Å²) in [7, 11) is 0. The third kappa shape index (κ3) is 4.07. The Labute approximate surface area is 121 Å². The summed E-state index contributed by atoms with van der Waals surface area (Å²) in [6.45, 7) is 5.42. The first kappa shape index (κ1) is 15.0. The van der Waals surface area contributed by atoms with Gasteiger partial charge in [-0.15, -0.1) is 0 Å². The molecule has 0 aromatic carbocycles. The van der Waals surface area contributed by atoms with Gasteiger partial charge in [-0.3, -0.25) is 0 Å². The van der Waals surface area contributed by atoms with Gasteiger partial charge < -0.3 is 15.4 Å². The maximum atomic E-state index is 5.76. The molecule has 1 saturated carbocycles. The number of nitrogens with two attached hydrogens (primary N) is 1. The number of anilines is 1. The molecule has 1 heterocycles. The molecule has 1 aliphatic rings. The Morgan fingerprint density at radius 3 is 2.75 bits per heavy atom. The summed E-state index contributed by atoms with van der Waals surface area (Å²) in [6.07, 6.45) is 8.21. The molecular formula is C15H26N4O. The van der Waals surface area contributed by atoms with E-state index >= 15 is 0 Å². The zero-order chi connectivity index (χ0) is 14.4. The van der Waals surface area contributed by atoms with Crippen LogP contribution in [0.2, 0.25) is 0 Å². The van der Waals surface area contributed by atoms with Crippen LogP contribution in [0, 0.1) is 0 Å². The second kappa shape index (κ2) is 7.43. The van der Waals surface area contributed by atoms with Gasteiger partial charge in [0.15, 0.2) is 0 Å². The molecule has 1 aromatic heterocycles. The third-order valence-corrected chi connectivity index (χ3v) is 3.62. The van der Waals surface area contributed by atoms with Crippen molar-refractivity contribution in [2.24, 2.45) is 5.73 Å². The fraction of sp³-hybridized carbons (Fsp3) is 0.733. The molecule has 0 unspecified atom stereocenters. The molecule has 0 spiro atoms. The van der Waals surface area contributed by atoms with Crippen LogP contribution < -0.4 is 15.4 Å². The molecule has 0 amide bonds. The Kier molecular flexibility index (Phi) is 5.59. The molecule has 5 heteroatoms. The molecule has 1 aliphatic carbocycles. The zero-order valence-corrected chi connectivity index (χ0v) is 12.6. The minimum absolute atomic E-state index is 0.121.